The molecule has 2 N–H and O–H groups in total. The smallest absolute Gasteiger partial charge is 0.255 e. The van der Waals surface area contributed by atoms with Gasteiger partial charge in [0.25, 0.3) is 5.91 Å². The quantitative estimate of drug-likeness (QED) is 0.473. The minimum Gasteiger partial charge on any atom is -0.362 e. The van der Waals surface area contributed by atoms with Crippen molar-refractivity contribution in [2.24, 2.45) is 0 Å². The molecule has 0 spiro atoms. The van der Waals surface area contributed by atoms with Crippen molar-refractivity contribution < 1.29 is 9.59 Å². The predicted octanol–water partition coefficient (Wildman–Crippen LogP) is 6.07. The molecule has 0 unspecified atom stereocenters. The summed E-state index contributed by atoms with van der Waals surface area (Å²) in [4.78, 5) is 34.0. The molecule has 5 nitrogen and oxygen atoms in total. The molecule has 35 heavy (non-hydrogen) atoms. The van der Waals surface area contributed by atoms with Crippen LogP contribution in [0.15, 0.2) is 77.3 Å². The van der Waals surface area contributed by atoms with E-state index in [2.05, 4.69) is 47.7 Å². The third kappa shape index (κ3) is 4.46. The summed E-state index contributed by atoms with van der Waals surface area (Å²) < 4.78 is 0. The van der Waals surface area contributed by atoms with Gasteiger partial charge in [0.2, 0.25) is 0 Å². The number of nitrogens with zero attached hydrogens (tertiary/aromatic N) is 1. The number of carbonyl (C=O) groups is 2. The van der Waals surface area contributed by atoms with Crippen molar-refractivity contribution in [1.82, 2.24) is 10.3 Å². The molecule has 2 atom stereocenters. The number of nitrogens with one attached hydrogen (secondary N) is 2. The molecule has 5 rings (SSSR count). The highest BCUT2D eigenvalue weighted by Crippen LogP contribution is 2.47. The van der Waals surface area contributed by atoms with E-state index in [9.17, 15) is 9.59 Å². The fourth-order valence-corrected chi connectivity index (χ4v) is 6.30. The van der Waals surface area contributed by atoms with Gasteiger partial charge in [0.05, 0.1) is 0 Å². The van der Waals surface area contributed by atoms with Gasteiger partial charge in [-0.3, -0.25) is 9.59 Å². The Kier molecular flexibility index (Phi) is 6.15. The number of hydrogen-bond donors (Lipinski definition) is 2. The summed E-state index contributed by atoms with van der Waals surface area (Å²) in [6.07, 6.45) is 2.87. The summed E-state index contributed by atoms with van der Waals surface area (Å²) in [5, 5.41) is 6.44. The molecule has 3 heterocycles. The number of pyridine rings is 1. The maximum Gasteiger partial charge on any atom is 0.255 e. The fraction of sp³-hybridized carbons (Fsp3) is 0.276. The maximum atomic E-state index is 13.7. The molecule has 2 aliphatic rings. The van der Waals surface area contributed by atoms with Crippen molar-refractivity contribution in [1.29, 1.82) is 0 Å². The first-order valence-corrected chi connectivity index (χ1v) is 12.7. The Morgan fingerprint density at radius 2 is 1.83 bits per heavy atom. The fourth-order valence-electron chi connectivity index (χ4n) is 5.34. The molecule has 2 aromatic heterocycles. The van der Waals surface area contributed by atoms with Gasteiger partial charge in [0.15, 0.2) is 5.78 Å². The highest BCUT2D eigenvalue weighted by Gasteiger charge is 2.41. The minimum absolute atomic E-state index is 0.104. The van der Waals surface area contributed by atoms with Gasteiger partial charge >= 0.3 is 0 Å². The Morgan fingerprint density at radius 1 is 1.06 bits per heavy atom. The van der Waals surface area contributed by atoms with E-state index in [1.165, 1.54) is 10.4 Å². The second-order valence-corrected chi connectivity index (χ2v) is 10.9. The van der Waals surface area contributed by atoms with Gasteiger partial charge in [-0.15, -0.1) is 11.3 Å². The second-order valence-electron chi connectivity index (χ2n) is 9.47. The number of dihydropyridines is 1. The van der Waals surface area contributed by atoms with Crippen LogP contribution in [0.5, 0.6) is 0 Å². The van der Waals surface area contributed by atoms with Crippen LogP contribution in [0.25, 0.3) is 0 Å². The third-order valence-electron chi connectivity index (χ3n) is 6.89. The first-order valence-electron chi connectivity index (χ1n) is 11.9. The zero-order valence-electron chi connectivity index (χ0n) is 20.4. The van der Waals surface area contributed by atoms with E-state index in [-0.39, 0.29) is 17.6 Å². The Bertz CT molecular complexity index is 1380. The number of rotatable bonds is 4. The summed E-state index contributed by atoms with van der Waals surface area (Å²) in [5.41, 5.74) is 6.25. The van der Waals surface area contributed by atoms with E-state index >= 15 is 0 Å². The van der Waals surface area contributed by atoms with E-state index < -0.39 is 5.92 Å². The first kappa shape index (κ1) is 23.2. The first-order chi connectivity index (χ1) is 16.8. The SMILES string of the molecule is CC1=C(C(=O)Nc2cc(C)ccn2)[C@@H](c2cc(C)sc2C)C2=C(C[C@@H](c3ccccc3)CC2=O)N1. The van der Waals surface area contributed by atoms with Crippen LogP contribution in [0.2, 0.25) is 0 Å². The van der Waals surface area contributed by atoms with Gasteiger partial charge in [-0.05, 0) is 74.9 Å². The van der Waals surface area contributed by atoms with Crippen molar-refractivity contribution in [2.45, 2.75) is 52.4 Å². The van der Waals surface area contributed by atoms with Crippen LogP contribution >= 0.6 is 11.3 Å². The van der Waals surface area contributed by atoms with E-state index in [1.807, 2.05) is 44.2 Å². The highest BCUT2D eigenvalue weighted by molar-refractivity contribution is 7.12. The number of carbonyl (C=O) groups excluding carboxylic acids is 2. The van der Waals surface area contributed by atoms with Crippen molar-refractivity contribution >= 4 is 28.8 Å². The zero-order chi connectivity index (χ0) is 24.7. The second kappa shape index (κ2) is 9.27. The molecule has 0 radical (unpaired) electrons. The lowest BCUT2D eigenvalue weighted by Gasteiger charge is -2.37. The molecule has 178 valence electrons. The molecule has 0 saturated heterocycles. The lowest BCUT2D eigenvalue weighted by atomic mass is 9.71. The molecule has 1 aliphatic heterocycles. The summed E-state index contributed by atoms with van der Waals surface area (Å²) >= 11 is 1.70. The van der Waals surface area contributed by atoms with Crippen molar-refractivity contribution in [2.75, 3.05) is 5.32 Å². The number of anilines is 1. The number of hydrogen-bond acceptors (Lipinski definition) is 5. The number of amides is 1. The van der Waals surface area contributed by atoms with Crippen LogP contribution in [-0.2, 0) is 9.59 Å². The van der Waals surface area contributed by atoms with Gasteiger partial charge in [0, 0.05) is 50.8 Å². The molecule has 1 amide bonds. The van der Waals surface area contributed by atoms with Crippen molar-refractivity contribution in [3.05, 3.63) is 104 Å². The van der Waals surface area contributed by atoms with Gasteiger partial charge in [-0.25, -0.2) is 4.98 Å². The number of ketones is 1. The minimum atomic E-state index is -0.398. The molecule has 1 aliphatic carbocycles. The van der Waals surface area contributed by atoms with Crippen molar-refractivity contribution in [3.8, 4) is 0 Å². The van der Waals surface area contributed by atoms with Crippen LogP contribution < -0.4 is 10.6 Å². The average molecular weight is 484 g/mol. The predicted molar refractivity (Wildman–Crippen MR) is 140 cm³/mol. The van der Waals surface area contributed by atoms with Gasteiger partial charge in [-0.2, -0.15) is 0 Å². The van der Waals surface area contributed by atoms with Crippen LogP contribution in [-0.4, -0.2) is 16.7 Å². The van der Waals surface area contributed by atoms with Gasteiger partial charge in [0.1, 0.15) is 5.82 Å². The molecular formula is C29H29N3O2S. The molecule has 0 fully saturated rings. The Hall–Kier alpha value is -3.51. The average Bonchev–Trinajstić information content (AvgIpc) is 3.16. The number of aromatic nitrogens is 1. The van der Waals surface area contributed by atoms with Crippen LogP contribution in [0.1, 0.15) is 58.0 Å². The van der Waals surface area contributed by atoms with E-state index in [0.717, 1.165) is 39.4 Å². The topological polar surface area (TPSA) is 71.1 Å². The normalized spacial score (nSPS) is 19.9. The number of thiophene rings is 1. The number of benzene rings is 1. The maximum absolute atomic E-state index is 13.7. The number of aryl methyl sites for hydroxylation is 3. The standard InChI is InChI=1S/C29H29N3O2S/c1-16-10-11-30-25(12-16)32-29(34)26-18(3)31-23-14-21(20-8-6-5-7-9-20)15-24(33)28(23)27(26)22-13-17(2)35-19(22)4/h5-13,21,27,31H,14-15H2,1-4H3,(H,30,32,34)/t21-,27-/m1/s1. The molecule has 0 bridgehead atoms. The van der Waals surface area contributed by atoms with Gasteiger partial charge < -0.3 is 10.6 Å². The van der Waals surface area contributed by atoms with E-state index in [1.54, 1.807) is 17.5 Å². The summed E-state index contributed by atoms with van der Waals surface area (Å²) in [5.74, 6) is 0.107. The molecule has 0 saturated carbocycles. The molecular weight excluding hydrogens is 454 g/mol. The van der Waals surface area contributed by atoms with Crippen LogP contribution in [0.3, 0.4) is 0 Å². The number of Topliss-reactive ketones (excluding diaryl/α,β-unsaturated/α-hetero) is 1. The van der Waals surface area contributed by atoms with Gasteiger partial charge in [-0.1, -0.05) is 30.3 Å². The van der Waals surface area contributed by atoms with Crippen molar-refractivity contribution in [3.63, 3.8) is 0 Å². The summed E-state index contributed by atoms with van der Waals surface area (Å²) in [6, 6.07) is 16.1. The third-order valence-corrected chi connectivity index (χ3v) is 7.87. The Labute approximate surface area is 210 Å². The number of allylic oxidation sites excluding steroid dienone is 3. The summed E-state index contributed by atoms with van der Waals surface area (Å²) in [6.45, 7) is 8.03. The lowest BCUT2D eigenvalue weighted by Crippen LogP contribution is -2.37. The monoisotopic (exact) mass is 483 g/mol. The van der Waals surface area contributed by atoms with E-state index in [4.69, 9.17) is 0 Å². The molecule has 6 heteroatoms. The zero-order valence-corrected chi connectivity index (χ0v) is 21.3. The largest absolute Gasteiger partial charge is 0.362 e. The van der Waals surface area contributed by atoms with Crippen LogP contribution in [0.4, 0.5) is 5.82 Å². The Balaban J connectivity index is 1.58. The summed E-state index contributed by atoms with van der Waals surface area (Å²) in [7, 11) is 0. The highest BCUT2D eigenvalue weighted by atomic mass is 32.1. The molecule has 3 aromatic rings. The Morgan fingerprint density at radius 3 is 2.51 bits per heavy atom. The molecule has 1 aromatic carbocycles. The van der Waals surface area contributed by atoms with Crippen LogP contribution in [0, 0.1) is 20.8 Å². The lowest BCUT2D eigenvalue weighted by molar-refractivity contribution is -0.116. The van der Waals surface area contributed by atoms with E-state index in [0.29, 0.717) is 17.8 Å².